The van der Waals surface area contributed by atoms with Gasteiger partial charge in [0, 0.05) is 32.1 Å². The average Bonchev–Trinajstić information content (AvgIpc) is 2.76. The molecule has 2 rings (SSSR count). The van der Waals surface area contributed by atoms with Gasteiger partial charge in [-0.05, 0) is 25.8 Å². The third-order valence-corrected chi connectivity index (χ3v) is 3.31. The van der Waals surface area contributed by atoms with E-state index < -0.39 is 0 Å². The van der Waals surface area contributed by atoms with Gasteiger partial charge < -0.3 is 9.32 Å². The largest absolute Gasteiger partial charge is 0.469 e. The second-order valence-corrected chi connectivity index (χ2v) is 4.86. The van der Waals surface area contributed by atoms with Gasteiger partial charge in [0.25, 0.3) is 0 Å². The molecule has 2 atom stereocenters. The molecule has 4 heteroatoms. The van der Waals surface area contributed by atoms with E-state index in [9.17, 15) is 4.79 Å². The highest BCUT2D eigenvalue weighted by molar-refractivity contribution is 5.80. The molecule has 1 amide bonds. The monoisotopic (exact) mass is 236 g/mol. The predicted octanol–water partition coefficient (Wildman–Crippen LogP) is 1.72. The van der Waals surface area contributed by atoms with Crippen molar-refractivity contribution in [2.75, 3.05) is 14.1 Å². The predicted molar refractivity (Wildman–Crippen MR) is 65.7 cm³/mol. The molecule has 94 valence electrons. The van der Waals surface area contributed by atoms with E-state index in [1.165, 1.54) is 5.56 Å². The molecule has 17 heavy (non-hydrogen) atoms. The number of carbonyl (C=O) groups excluding carboxylic acids is 1. The Kier molecular flexibility index (Phi) is 3.52. The van der Waals surface area contributed by atoms with Crippen molar-refractivity contribution in [3.63, 3.8) is 0 Å². The van der Waals surface area contributed by atoms with Crippen LogP contribution in [-0.2, 0) is 11.2 Å². The molecule has 0 spiro atoms. The Labute approximate surface area is 102 Å². The highest BCUT2D eigenvalue weighted by Crippen LogP contribution is 2.30. The molecule has 0 aromatic carbocycles. The van der Waals surface area contributed by atoms with E-state index >= 15 is 0 Å². The number of furan rings is 1. The fourth-order valence-corrected chi connectivity index (χ4v) is 2.42. The van der Waals surface area contributed by atoms with E-state index in [4.69, 9.17) is 4.42 Å². The molecule has 4 nitrogen and oxygen atoms in total. The summed E-state index contributed by atoms with van der Waals surface area (Å²) >= 11 is 0. The van der Waals surface area contributed by atoms with Crippen LogP contribution in [0.15, 0.2) is 16.7 Å². The number of rotatable bonds is 3. The Balaban J connectivity index is 2.04. The Bertz CT molecular complexity index is 398. The maximum atomic E-state index is 11.8. The summed E-state index contributed by atoms with van der Waals surface area (Å²) in [6, 6.07) is 2.10. The third kappa shape index (κ3) is 2.52. The lowest BCUT2D eigenvalue weighted by Crippen LogP contribution is -2.43. The smallest absolute Gasteiger partial charge is 0.238 e. The summed E-state index contributed by atoms with van der Waals surface area (Å²) in [4.78, 5) is 13.4. The number of fused-ring (bicyclic) bond motifs is 1. The summed E-state index contributed by atoms with van der Waals surface area (Å²) in [5.74, 6) is 1.18. The molecule has 1 heterocycles. The minimum atomic E-state index is -0.157. The van der Waals surface area contributed by atoms with Crippen molar-refractivity contribution in [3.05, 3.63) is 23.7 Å². The lowest BCUT2D eigenvalue weighted by atomic mass is 9.93. The van der Waals surface area contributed by atoms with Gasteiger partial charge in [-0.2, -0.15) is 0 Å². The average molecular weight is 236 g/mol. The highest BCUT2D eigenvalue weighted by atomic mass is 16.3. The maximum absolute atomic E-state index is 11.8. The van der Waals surface area contributed by atoms with Crippen molar-refractivity contribution in [3.8, 4) is 0 Å². The van der Waals surface area contributed by atoms with E-state index in [-0.39, 0.29) is 18.0 Å². The summed E-state index contributed by atoms with van der Waals surface area (Å²) in [5, 5.41) is 3.39. The molecule has 1 aromatic heterocycles. The lowest BCUT2D eigenvalue weighted by molar-refractivity contribution is -0.130. The molecule has 1 N–H and O–H groups in total. The van der Waals surface area contributed by atoms with Gasteiger partial charge in [0.15, 0.2) is 0 Å². The van der Waals surface area contributed by atoms with Crippen LogP contribution in [0, 0.1) is 0 Å². The topological polar surface area (TPSA) is 45.5 Å². The van der Waals surface area contributed by atoms with Crippen LogP contribution < -0.4 is 5.32 Å². The van der Waals surface area contributed by atoms with Crippen molar-refractivity contribution >= 4 is 5.91 Å². The summed E-state index contributed by atoms with van der Waals surface area (Å²) in [5.41, 5.74) is 1.22. The van der Waals surface area contributed by atoms with Crippen LogP contribution in [0.2, 0.25) is 0 Å². The fraction of sp³-hybridized carbons (Fsp3) is 0.615. The normalized spacial score (nSPS) is 20.8. The summed E-state index contributed by atoms with van der Waals surface area (Å²) in [7, 11) is 3.56. The van der Waals surface area contributed by atoms with Crippen molar-refractivity contribution in [2.45, 2.75) is 38.3 Å². The van der Waals surface area contributed by atoms with Gasteiger partial charge in [-0.1, -0.05) is 0 Å². The molecule has 1 aliphatic rings. The minimum absolute atomic E-state index is 0.112. The SMILES string of the molecule is CC(NC1CCCc2occc21)C(=O)N(C)C. The number of amides is 1. The second kappa shape index (κ2) is 4.92. The molecule has 1 aliphatic carbocycles. The molecule has 1 aromatic rings. The molecule has 0 saturated heterocycles. The van der Waals surface area contributed by atoms with Gasteiger partial charge in [0.1, 0.15) is 5.76 Å². The maximum Gasteiger partial charge on any atom is 0.238 e. The number of likely N-dealkylation sites (N-methyl/N-ethyl adjacent to an activating group) is 1. The Morgan fingerprint density at radius 3 is 3.06 bits per heavy atom. The van der Waals surface area contributed by atoms with Crippen molar-refractivity contribution in [1.82, 2.24) is 10.2 Å². The van der Waals surface area contributed by atoms with Gasteiger partial charge in [-0.15, -0.1) is 0 Å². The number of nitrogens with zero attached hydrogens (tertiary/aromatic N) is 1. The van der Waals surface area contributed by atoms with Crippen molar-refractivity contribution < 1.29 is 9.21 Å². The number of nitrogens with one attached hydrogen (secondary N) is 1. The molecule has 0 fully saturated rings. The first kappa shape index (κ1) is 12.2. The second-order valence-electron chi connectivity index (χ2n) is 4.86. The first-order valence-electron chi connectivity index (χ1n) is 6.13. The van der Waals surface area contributed by atoms with E-state index in [2.05, 4.69) is 5.32 Å². The van der Waals surface area contributed by atoms with E-state index in [0.29, 0.717) is 0 Å². The summed E-state index contributed by atoms with van der Waals surface area (Å²) in [6.07, 6.45) is 4.93. The van der Waals surface area contributed by atoms with Crippen molar-refractivity contribution in [1.29, 1.82) is 0 Å². The van der Waals surface area contributed by atoms with Crippen LogP contribution >= 0.6 is 0 Å². The molecule has 0 saturated carbocycles. The molecule has 0 bridgehead atoms. The Hall–Kier alpha value is -1.29. The van der Waals surface area contributed by atoms with Crippen LogP contribution in [0.25, 0.3) is 0 Å². The van der Waals surface area contributed by atoms with Gasteiger partial charge in [-0.25, -0.2) is 0 Å². The molecule has 0 radical (unpaired) electrons. The number of carbonyl (C=O) groups is 1. The summed E-state index contributed by atoms with van der Waals surface area (Å²) < 4.78 is 5.44. The molecule has 2 unspecified atom stereocenters. The first-order valence-corrected chi connectivity index (χ1v) is 6.13. The zero-order chi connectivity index (χ0) is 12.4. The van der Waals surface area contributed by atoms with Gasteiger partial charge in [-0.3, -0.25) is 10.1 Å². The van der Waals surface area contributed by atoms with Crippen LogP contribution in [0.4, 0.5) is 0 Å². The van der Waals surface area contributed by atoms with Crippen LogP contribution in [0.3, 0.4) is 0 Å². The third-order valence-electron chi connectivity index (χ3n) is 3.31. The van der Waals surface area contributed by atoms with E-state index in [1.54, 1.807) is 25.3 Å². The van der Waals surface area contributed by atoms with Crippen LogP contribution in [0.5, 0.6) is 0 Å². The minimum Gasteiger partial charge on any atom is -0.469 e. The van der Waals surface area contributed by atoms with E-state index in [1.807, 2.05) is 13.0 Å². The Morgan fingerprint density at radius 1 is 1.59 bits per heavy atom. The van der Waals surface area contributed by atoms with Gasteiger partial charge in [0.05, 0.1) is 12.3 Å². The van der Waals surface area contributed by atoms with Crippen LogP contribution in [-0.4, -0.2) is 30.9 Å². The summed E-state index contributed by atoms with van der Waals surface area (Å²) in [6.45, 7) is 1.91. The molecular formula is C13H20N2O2. The zero-order valence-electron chi connectivity index (χ0n) is 10.7. The highest BCUT2D eigenvalue weighted by Gasteiger charge is 2.26. The number of aryl methyl sites for hydroxylation is 1. The van der Waals surface area contributed by atoms with Gasteiger partial charge >= 0.3 is 0 Å². The Morgan fingerprint density at radius 2 is 2.35 bits per heavy atom. The molecular weight excluding hydrogens is 216 g/mol. The fourth-order valence-electron chi connectivity index (χ4n) is 2.42. The standard InChI is InChI=1S/C13H20N2O2/c1-9(13(16)15(2)3)14-11-5-4-6-12-10(11)7-8-17-12/h7-9,11,14H,4-6H2,1-3H3. The zero-order valence-corrected chi connectivity index (χ0v) is 10.7. The first-order chi connectivity index (χ1) is 8.09. The number of hydrogen-bond donors (Lipinski definition) is 1. The number of hydrogen-bond acceptors (Lipinski definition) is 3. The van der Waals surface area contributed by atoms with Crippen LogP contribution in [0.1, 0.15) is 37.1 Å². The van der Waals surface area contributed by atoms with E-state index in [0.717, 1.165) is 25.0 Å². The molecule has 0 aliphatic heterocycles. The van der Waals surface area contributed by atoms with Crippen molar-refractivity contribution in [2.24, 2.45) is 0 Å². The lowest BCUT2D eigenvalue weighted by Gasteiger charge is -2.27. The quantitative estimate of drug-likeness (QED) is 0.869. The van der Waals surface area contributed by atoms with Gasteiger partial charge in [0.2, 0.25) is 5.91 Å².